The predicted molar refractivity (Wildman–Crippen MR) is 78.9 cm³/mol. The van der Waals surface area contributed by atoms with Gasteiger partial charge in [0.25, 0.3) is 0 Å². The van der Waals surface area contributed by atoms with Gasteiger partial charge in [0, 0.05) is 18.1 Å². The second kappa shape index (κ2) is 6.64. The van der Waals surface area contributed by atoms with Gasteiger partial charge in [-0.15, -0.1) is 0 Å². The molecule has 1 aromatic rings. The summed E-state index contributed by atoms with van der Waals surface area (Å²) in [5, 5.41) is 0.415. The van der Waals surface area contributed by atoms with Gasteiger partial charge in [-0.05, 0) is 31.0 Å². The summed E-state index contributed by atoms with van der Waals surface area (Å²) >= 11 is 5.93. The Morgan fingerprint density at radius 1 is 1.43 bits per heavy atom. The lowest BCUT2D eigenvalue weighted by molar-refractivity contribution is 0.158. The summed E-state index contributed by atoms with van der Waals surface area (Å²) in [6.45, 7) is 3.47. The fourth-order valence-electron chi connectivity index (χ4n) is 1.93. The highest BCUT2D eigenvalue weighted by Crippen LogP contribution is 2.19. The van der Waals surface area contributed by atoms with Crippen LogP contribution in [0.4, 0.5) is 4.79 Å². The Morgan fingerprint density at radius 3 is 2.81 bits per heavy atom. The van der Waals surface area contributed by atoms with Crippen LogP contribution < -0.4 is 4.72 Å². The molecule has 8 heteroatoms. The van der Waals surface area contributed by atoms with Gasteiger partial charge in [-0.3, -0.25) is 0 Å². The highest BCUT2D eigenvalue weighted by Gasteiger charge is 2.21. The van der Waals surface area contributed by atoms with Crippen LogP contribution in [0.2, 0.25) is 5.02 Å². The zero-order valence-electron chi connectivity index (χ0n) is 11.6. The van der Waals surface area contributed by atoms with Gasteiger partial charge in [0.1, 0.15) is 6.61 Å². The second-order valence-corrected chi connectivity index (χ2v) is 6.94. The zero-order chi connectivity index (χ0) is 15.5. The van der Waals surface area contributed by atoms with Crippen molar-refractivity contribution in [3.05, 3.63) is 28.8 Å². The lowest BCUT2D eigenvalue weighted by Gasteiger charge is -2.12. The summed E-state index contributed by atoms with van der Waals surface area (Å²) in [4.78, 5) is 12.9. The van der Waals surface area contributed by atoms with E-state index in [1.807, 2.05) is 0 Å². The number of amides is 1. The fourth-order valence-corrected chi connectivity index (χ4v) is 3.27. The van der Waals surface area contributed by atoms with E-state index in [-0.39, 0.29) is 17.5 Å². The molecule has 0 bridgehead atoms. The first-order chi connectivity index (χ1) is 9.90. The maximum atomic E-state index is 12.1. The number of nitrogens with one attached hydrogen (secondary N) is 1. The van der Waals surface area contributed by atoms with E-state index in [1.54, 1.807) is 17.9 Å². The highest BCUT2D eigenvalue weighted by atomic mass is 35.5. The Hall–Kier alpha value is -1.31. The molecule has 1 aromatic carbocycles. The van der Waals surface area contributed by atoms with Gasteiger partial charge in [0.05, 0.1) is 11.4 Å². The minimum atomic E-state index is -3.58. The first-order valence-electron chi connectivity index (χ1n) is 6.58. The summed E-state index contributed by atoms with van der Waals surface area (Å²) in [6.07, 6.45) is 0.177. The van der Waals surface area contributed by atoms with Crippen LogP contribution in [-0.4, -0.2) is 45.7 Å². The molecule has 1 aliphatic heterocycles. The molecule has 0 aromatic heterocycles. The molecular weight excluding hydrogens is 316 g/mol. The largest absolute Gasteiger partial charge is 0.448 e. The molecule has 0 saturated carbocycles. The van der Waals surface area contributed by atoms with Crippen molar-refractivity contribution >= 4 is 27.7 Å². The van der Waals surface area contributed by atoms with Crippen LogP contribution in [0.25, 0.3) is 0 Å². The van der Waals surface area contributed by atoms with Crippen molar-refractivity contribution in [2.45, 2.75) is 18.2 Å². The molecule has 116 valence electrons. The van der Waals surface area contributed by atoms with Crippen LogP contribution in [0, 0.1) is 6.92 Å². The van der Waals surface area contributed by atoms with Gasteiger partial charge < -0.3 is 9.64 Å². The maximum Gasteiger partial charge on any atom is 0.409 e. The van der Waals surface area contributed by atoms with Crippen LogP contribution in [0.15, 0.2) is 23.1 Å². The van der Waals surface area contributed by atoms with Crippen LogP contribution >= 0.6 is 11.6 Å². The predicted octanol–water partition coefficient (Wildman–Crippen LogP) is 1.77. The van der Waals surface area contributed by atoms with Crippen molar-refractivity contribution in [1.29, 1.82) is 0 Å². The Labute approximate surface area is 129 Å². The van der Waals surface area contributed by atoms with E-state index in [9.17, 15) is 13.2 Å². The van der Waals surface area contributed by atoms with Crippen LogP contribution in [0.5, 0.6) is 0 Å². The van der Waals surface area contributed by atoms with Crippen molar-refractivity contribution in [3.8, 4) is 0 Å². The van der Waals surface area contributed by atoms with E-state index in [4.69, 9.17) is 16.3 Å². The average molecular weight is 333 g/mol. The minimum Gasteiger partial charge on any atom is -0.448 e. The molecule has 6 nitrogen and oxygen atoms in total. The van der Waals surface area contributed by atoms with Crippen LogP contribution in [0.1, 0.15) is 12.0 Å². The lowest BCUT2D eigenvalue weighted by Crippen LogP contribution is -2.30. The van der Waals surface area contributed by atoms with E-state index in [2.05, 4.69) is 4.72 Å². The first kappa shape index (κ1) is 16.1. The number of ether oxygens (including phenoxy) is 1. The van der Waals surface area contributed by atoms with E-state index in [1.165, 1.54) is 12.1 Å². The van der Waals surface area contributed by atoms with Crippen LogP contribution in [0.3, 0.4) is 0 Å². The normalized spacial score (nSPS) is 15.3. The molecule has 0 aliphatic carbocycles. The summed E-state index contributed by atoms with van der Waals surface area (Å²) < 4.78 is 31.4. The van der Waals surface area contributed by atoms with Crippen molar-refractivity contribution in [3.63, 3.8) is 0 Å². The Bertz CT molecular complexity index is 633. The van der Waals surface area contributed by atoms with Gasteiger partial charge in [0.2, 0.25) is 10.0 Å². The van der Waals surface area contributed by atoms with Crippen molar-refractivity contribution in [2.24, 2.45) is 0 Å². The maximum absolute atomic E-state index is 12.1. The number of nitrogens with zero attached hydrogens (tertiary/aromatic N) is 1. The third-order valence-electron chi connectivity index (χ3n) is 3.20. The van der Waals surface area contributed by atoms with Gasteiger partial charge >= 0.3 is 6.09 Å². The van der Waals surface area contributed by atoms with Gasteiger partial charge in [-0.2, -0.15) is 0 Å². The van der Waals surface area contributed by atoms with Gasteiger partial charge in [0.15, 0.2) is 0 Å². The number of sulfonamides is 1. The standard InChI is InChI=1S/C13H17ClN2O4S/c1-10-3-4-11(9-12(10)14)21(18,19)15-5-2-6-16-7-8-20-13(16)17/h3-4,9,15H,2,5-8H2,1H3. The van der Waals surface area contributed by atoms with E-state index < -0.39 is 10.0 Å². The third-order valence-corrected chi connectivity index (χ3v) is 5.06. The summed E-state index contributed by atoms with van der Waals surface area (Å²) in [5.41, 5.74) is 0.822. The number of hydrogen-bond acceptors (Lipinski definition) is 4. The van der Waals surface area contributed by atoms with Gasteiger partial charge in [-0.25, -0.2) is 17.9 Å². The third kappa shape index (κ3) is 4.09. The molecular formula is C13H17ClN2O4S. The van der Waals surface area contributed by atoms with Gasteiger partial charge in [-0.1, -0.05) is 17.7 Å². The molecule has 0 spiro atoms. The molecule has 0 atom stereocenters. The molecule has 21 heavy (non-hydrogen) atoms. The minimum absolute atomic E-state index is 0.138. The number of hydrogen-bond donors (Lipinski definition) is 1. The number of benzene rings is 1. The number of rotatable bonds is 6. The lowest BCUT2D eigenvalue weighted by atomic mass is 10.2. The monoisotopic (exact) mass is 332 g/mol. The molecule has 1 heterocycles. The number of halogens is 1. The molecule has 1 aliphatic rings. The van der Waals surface area contributed by atoms with Crippen LogP contribution in [-0.2, 0) is 14.8 Å². The smallest absolute Gasteiger partial charge is 0.409 e. The molecule has 1 amide bonds. The topological polar surface area (TPSA) is 75.7 Å². The van der Waals surface area contributed by atoms with E-state index in [0.29, 0.717) is 31.1 Å². The quantitative estimate of drug-likeness (QED) is 0.805. The number of carbonyl (C=O) groups is 1. The Morgan fingerprint density at radius 2 is 2.19 bits per heavy atom. The summed E-state index contributed by atoms with van der Waals surface area (Å²) in [7, 11) is -3.58. The van der Waals surface area contributed by atoms with E-state index in [0.717, 1.165) is 5.56 Å². The highest BCUT2D eigenvalue weighted by molar-refractivity contribution is 7.89. The zero-order valence-corrected chi connectivity index (χ0v) is 13.2. The molecule has 0 unspecified atom stereocenters. The average Bonchev–Trinajstić information content (AvgIpc) is 2.83. The van der Waals surface area contributed by atoms with Crippen molar-refractivity contribution < 1.29 is 17.9 Å². The molecule has 1 fully saturated rings. The molecule has 2 rings (SSSR count). The first-order valence-corrected chi connectivity index (χ1v) is 8.44. The molecule has 0 radical (unpaired) electrons. The molecule has 1 saturated heterocycles. The summed E-state index contributed by atoms with van der Waals surface area (Å²) in [6, 6.07) is 4.61. The fraction of sp³-hybridized carbons (Fsp3) is 0.462. The Balaban J connectivity index is 1.86. The second-order valence-electron chi connectivity index (χ2n) is 4.76. The number of carbonyl (C=O) groups excluding carboxylic acids is 1. The van der Waals surface area contributed by atoms with Crippen molar-refractivity contribution in [1.82, 2.24) is 9.62 Å². The SMILES string of the molecule is Cc1ccc(S(=O)(=O)NCCCN2CCOC2=O)cc1Cl. The number of aryl methyl sites for hydroxylation is 1. The van der Waals surface area contributed by atoms with Crippen molar-refractivity contribution in [2.75, 3.05) is 26.2 Å². The van der Waals surface area contributed by atoms with E-state index >= 15 is 0 Å². The number of cyclic esters (lactones) is 1. The Kier molecular flexibility index (Phi) is 5.08. The summed E-state index contributed by atoms with van der Waals surface area (Å²) in [5.74, 6) is 0. The molecule has 1 N–H and O–H groups in total.